The minimum absolute atomic E-state index is 0.0112. The number of nitrogens with one attached hydrogen (secondary N) is 1. The van der Waals surface area contributed by atoms with Gasteiger partial charge in [0.05, 0.1) is 11.6 Å². The molecule has 0 fully saturated rings. The van der Waals surface area contributed by atoms with Crippen LogP contribution in [0.25, 0.3) is 21.9 Å². The summed E-state index contributed by atoms with van der Waals surface area (Å²) >= 11 is 0. The van der Waals surface area contributed by atoms with Crippen molar-refractivity contribution in [2.24, 2.45) is 17.6 Å². The van der Waals surface area contributed by atoms with Gasteiger partial charge in [-0.25, -0.2) is 0 Å². The summed E-state index contributed by atoms with van der Waals surface area (Å²) in [5.74, 6) is -6.71. The molecule has 3 aromatic carbocycles. The Bertz CT molecular complexity index is 1860. The van der Waals surface area contributed by atoms with E-state index in [0.717, 1.165) is 27.5 Å². The van der Waals surface area contributed by atoms with Crippen LogP contribution < -0.4 is 11.1 Å². The number of amides is 1. The van der Waals surface area contributed by atoms with Crippen molar-refractivity contribution in [1.82, 2.24) is 10.2 Å². The molecule has 1 amide bonds. The Balaban J connectivity index is 1.53. The number of likely N-dealkylation sites (N-methyl/N-ethyl adjacent to an activating group) is 1. The Morgan fingerprint density at radius 3 is 2.33 bits per heavy atom. The second kappa shape index (κ2) is 10.8. The first-order valence-corrected chi connectivity index (χ1v) is 15.0. The van der Waals surface area contributed by atoms with Gasteiger partial charge in [-0.15, -0.1) is 0 Å². The lowest BCUT2D eigenvalue weighted by molar-refractivity contribution is -0.148. The Kier molecular flexibility index (Phi) is 7.35. The molecule has 45 heavy (non-hydrogen) atoms. The monoisotopic (exact) mass is 611 g/mol. The van der Waals surface area contributed by atoms with Gasteiger partial charge in [0.15, 0.2) is 11.4 Å². The van der Waals surface area contributed by atoms with E-state index in [0.29, 0.717) is 18.2 Å². The molecule has 0 heterocycles. The molecule has 0 bridgehead atoms. The number of phenols is 1. The van der Waals surface area contributed by atoms with E-state index in [2.05, 4.69) is 31.3 Å². The molecule has 10 nitrogen and oxygen atoms in total. The van der Waals surface area contributed by atoms with Crippen molar-refractivity contribution in [2.75, 3.05) is 14.1 Å². The molecule has 0 aliphatic heterocycles. The summed E-state index contributed by atoms with van der Waals surface area (Å²) in [6.45, 7) is 4.84. The lowest BCUT2D eigenvalue weighted by atomic mass is 9.58. The fourth-order valence-electron chi connectivity index (χ4n) is 7.57. The lowest BCUT2D eigenvalue weighted by Gasteiger charge is -2.50. The van der Waals surface area contributed by atoms with E-state index in [1.165, 1.54) is 11.0 Å². The van der Waals surface area contributed by atoms with Crippen molar-refractivity contribution < 1.29 is 34.8 Å². The molecular formula is C35H37N3O7. The molecule has 6 rings (SSSR count). The van der Waals surface area contributed by atoms with Crippen LogP contribution in [0.15, 0.2) is 71.2 Å². The molecule has 3 aliphatic rings. The lowest BCUT2D eigenvalue weighted by Crippen LogP contribution is -2.63. The second-order valence-corrected chi connectivity index (χ2v) is 12.8. The number of Topliss-reactive ketones (excluding diaryl/α,β-unsaturated/α-hetero) is 2. The first kappa shape index (κ1) is 30.5. The highest BCUT2D eigenvalue weighted by molar-refractivity contribution is 6.25. The number of primary amides is 1. The molecule has 0 unspecified atom stereocenters. The first-order valence-electron chi connectivity index (χ1n) is 15.0. The van der Waals surface area contributed by atoms with Crippen LogP contribution in [0, 0.1) is 11.8 Å². The van der Waals surface area contributed by atoms with Crippen molar-refractivity contribution in [1.29, 1.82) is 0 Å². The number of aliphatic hydroxyl groups excluding tert-OH is 2. The Hall–Kier alpha value is -4.51. The average molecular weight is 612 g/mol. The zero-order valence-corrected chi connectivity index (χ0v) is 25.6. The zero-order valence-electron chi connectivity index (χ0n) is 25.6. The standard InChI is InChI=1S/C35H37N3O7/c1-16(2)37-15-17-9-10-21(20-8-6-5-7-19(17)20)22-11-12-25(39)27-23(22)13-18-14-24-29(38(3)4)31(41)28(34(36)44)33(43)35(24,45)32(42)26(18)30(27)40/h5-12,16,18,24,29,37,39,41-42,45H,13-15H2,1-4H3,(H2,36,44)/t18-,24-,29-,35+/m1/s1. The van der Waals surface area contributed by atoms with Crippen LogP contribution >= 0.6 is 0 Å². The summed E-state index contributed by atoms with van der Waals surface area (Å²) in [6.07, 6.45) is 0.241. The van der Waals surface area contributed by atoms with Gasteiger partial charge in [-0.2, -0.15) is 0 Å². The number of hydrogen-bond acceptors (Lipinski definition) is 9. The average Bonchev–Trinajstić information content (AvgIpc) is 2.97. The Morgan fingerprint density at radius 2 is 1.69 bits per heavy atom. The van der Waals surface area contributed by atoms with Crippen molar-refractivity contribution in [3.05, 3.63) is 87.9 Å². The number of rotatable bonds is 6. The molecule has 0 aromatic heterocycles. The number of ketones is 2. The summed E-state index contributed by atoms with van der Waals surface area (Å²) in [7, 11) is 3.21. The van der Waals surface area contributed by atoms with Crippen LogP contribution in [0.5, 0.6) is 5.75 Å². The molecule has 10 heteroatoms. The summed E-state index contributed by atoms with van der Waals surface area (Å²) in [4.78, 5) is 41.5. The van der Waals surface area contributed by atoms with Crippen LogP contribution in [-0.4, -0.2) is 74.6 Å². The van der Waals surface area contributed by atoms with Gasteiger partial charge in [-0.1, -0.05) is 56.3 Å². The first-order chi connectivity index (χ1) is 21.3. The zero-order chi connectivity index (χ0) is 32.5. The maximum Gasteiger partial charge on any atom is 0.255 e. The van der Waals surface area contributed by atoms with Crippen molar-refractivity contribution >= 4 is 28.2 Å². The molecule has 0 saturated carbocycles. The van der Waals surface area contributed by atoms with Gasteiger partial charge in [-0.05, 0) is 71.9 Å². The third-order valence-electron chi connectivity index (χ3n) is 9.61. The van der Waals surface area contributed by atoms with E-state index in [9.17, 15) is 34.8 Å². The number of phenolic OH excluding ortho intramolecular Hbond substituents is 1. The molecule has 3 aliphatic carbocycles. The van der Waals surface area contributed by atoms with Gasteiger partial charge in [-0.3, -0.25) is 19.3 Å². The topological polar surface area (TPSA) is 173 Å². The molecule has 7 N–H and O–H groups in total. The van der Waals surface area contributed by atoms with Crippen molar-refractivity contribution in [3.63, 3.8) is 0 Å². The van der Waals surface area contributed by atoms with Crippen LogP contribution in [0.4, 0.5) is 0 Å². The molecule has 0 radical (unpaired) electrons. The summed E-state index contributed by atoms with van der Waals surface area (Å²) in [5, 5.41) is 50.9. The van der Waals surface area contributed by atoms with E-state index in [1.807, 2.05) is 24.3 Å². The quantitative estimate of drug-likeness (QED) is 0.228. The van der Waals surface area contributed by atoms with Gasteiger partial charge in [0.1, 0.15) is 22.8 Å². The van der Waals surface area contributed by atoms with E-state index in [4.69, 9.17) is 5.73 Å². The molecule has 4 atom stereocenters. The number of nitrogens with zero attached hydrogens (tertiary/aromatic N) is 1. The summed E-state index contributed by atoms with van der Waals surface area (Å²) in [5.41, 5.74) is 5.06. The van der Waals surface area contributed by atoms with Crippen LogP contribution in [0.1, 0.15) is 41.8 Å². The van der Waals surface area contributed by atoms with E-state index >= 15 is 0 Å². The highest BCUT2D eigenvalue weighted by atomic mass is 16.3. The maximum atomic E-state index is 14.2. The SMILES string of the molecule is CC(C)NCc1ccc(-c2ccc(O)c3c2C[C@@H]2C[C@@H]4[C@@H](N(C)C)C(O)=C(C(N)=O)C(=O)[C@@]4(O)C(O)=C2C3=O)c2ccccc12. The summed E-state index contributed by atoms with van der Waals surface area (Å²) < 4.78 is 0. The van der Waals surface area contributed by atoms with E-state index < -0.39 is 58.0 Å². The Labute approximate surface area is 260 Å². The predicted molar refractivity (Wildman–Crippen MR) is 169 cm³/mol. The number of fused-ring (bicyclic) bond motifs is 4. The van der Waals surface area contributed by atoms with E-state index in [1.54, 1.807) is 20.2 Å². The third-order valence-corrected chi connectivity index (χ3v) is 9.61. The van der Waals surface area contributed by atoms with Crippen molar-refractivity contribution in [3.8, 4) is 16.9 Å². The van der Waals surface area contributed by atoms with Gasteiger partial charge in [0.25, 0.3) is 5.91 Å². The number of nitrogens with two attached hydrogens (primary N) is 1. The molecule has 3 aromatic rings. The van der Waals surface area contributed by atoms with Crippen LogP contribution in [0.3, 0.4) is 0 Å². The summed E-state index contributed by atoms with van der Waals surface area (Å²) in [6, 6.07) is 14.5. The maximum absolute atomic E-state index is 14.2. The molecular weight excluding hydrogens is 574 g/mol. The van der Waals surface area contributed by atoms with Crippen molar-refractivity contribution in [2.45, 2.75) is 50.9 Å². The molecule has 0 saturated heterocycles. The number of aromatic hydroxyl groups is 1. The third kappa shape index (κ3) is 4.47. The minimum Gasteiger partial charge on any atom is -0.510 e. The number of allylic oxidation sites excluding steroid dienone is 1. The largest absolute Gasteiger partial charge is 0.510 e. The number of aliphatic hydroxyl groups is 3. The molecule has 234 valence electrons. The van der Waals surface area contributed by atoms with Crippen LogP contribution in [0.2, 0.25) is 0 Å². The van der Waals surface area contributed by atoms with E-state index in [-0.39, 0.29) is 29.7 Å². The Morgan fingerprint density at radius 1 is 1.02 bits per heavy atom. The molecule has 0 spiro atoms. The van der Waals surface area contributed by atoms with Gasteiger partial charge >= 0.3 is 0 Å². The van der Waals surface area contributed by atoms with Gasteiger partial charge < -0.3 is 31.5 Å². The highest BCUT2D eigenvalue weighted by Gasteiger charge is 2.63. The number of carbonyl (C=O) groups excluding carboxylic acids is 3. The fraction of sp³-hybridized carbons (Fsp3) is 0.343. The fourth-order valence-corrected chi connectivity index (χ4v) is 7.57. The number of hydrogen-bond donors (Lipinski definition) is 6. The minimum atomic E-state index is -2.67. The second-order valence-electron chi connectivity index (χ2n) is 12.8. The normalized spacial score (nSPS) is 24.7. The number of benzene rings is 3. The number of carbonyl (C=O) groups is 3. The highest BCUT2D eigenvalue weighted by Crippen LogP contribution is 2.53. The smallest absolute Gasteiger partial charge is 0.255 e. The predicted octanol–water partition coefficient (Wildman–Crippen LogP) is 3.44. The van der Waals surface area contributed by atoms with Crippen LogP contribution in [-0.2, 0) is 22.6 Å². The van der Waals surface area contributed by atoms with Gasteiger partial charge in [0, 0.05) is 24.1 Å². The van der Waals surface area contributed by atoms with Gasteiger partial charge in [0.2, 0.25) is 5.78 Å².